The second-order valence-electron chi connectivity index (χ2n) is 5.74. The zero-order valence-corrected chi connectivity index (χ0v) is 16.0. The van der Waals surface area contributed by atoms with Crippen LogP contribution in [0, 0.1) is 6.92 Å². The van der Waals surface area contributed by atoms with Crippen molar-refractivity contribution in [3.63, 3.8) is 0 Å². The van der Waals surface area contributed by atoms with Crippen molar-refractivity contribution in [2.75, 3.05) is 13.2 Å². The van der Waals surface area contributed by atoms with Gasteiger partial charge in [0.15, 0.2) is 11.5 Å². The molecule has 2 aromatic heterocycles. The van der Waals surface area contributed by atoms with E-state index in [0.29, 0.717) is 18.9 Å². The predicted octanol–water partition coefficient (Wildman–Crippen LogP) is 4.47. The van der Waals surface area contributed by atoms with Gasteiger partial charge in [-0.05, 0) is 56.7 Å². The van der Waals surface area contributed by atoms with Gasteiger partial charge < -0.3 is 14.6 Å². The average molecular weight is 370 g/mol. The van der Waals surface area contributed by atoms with Crippen LogP contribution < -0.4 is 9.47 Å². The van der Waals surface area contributed by atoms with E-state index in [2.05, 4.69) is 4.98 Å². The summed E-state index contributed by atoms with van der Waals surface area (Å²) in [5.74, 6) is 1.46. The van der Waals surface area contributed by atoms with Crippen molar-refractivity contribution in [2.24, 2.45) is 0 Å². The van der Waals surface area contributed by atoms with Crippen LogP contribution in [0.3, 0.4) is 0 Å². The van der Waals surface area contributed by atoms with Gasteiger partial charge in [-0.25, -0.2) is 9.97 Å². The number of hydrogen-bond acceptors (Lipinski definition) is 6. The van der Waals surface area contributed by atoms with E-state index in [1.54, 1.807) is 11.3 Å². The van der Waals surface area contributed by atoms with Gasteiger partial charge in [0.2, 0.25) is 0 Å². The number of benzene rings is 1. The Morgan fingerprint density at radius 1 is 0.962 bits per heavy atom. The smallest absolute Gasteiger partial charge is 0.161 e. The van der Waals surface area contributed by atoms with Gasteiger partial charge in [0.25, 0.3) is 0 Å². The first kappa shape index (κ1) is 18.4. The second-order valence-corrected chi connectivity index (χ2v) is 6.60. The van der Waals surface area contributed by atoms with Crippen molar-refractivity contribution in [3.8, 4) is 33.5 Å². The van der Waals surface area contributed by atoms with Gasteiger partial charge in [-0.2, -0.15) is 0 Å². The molecule has 5 nitrogen and oxygen atoms in total. The summed E-state index contributed by atoms with van der Waals surface area (Å²) in [7, 11) is 0. The van der Waals surface area contributed by atoms with Crippen LogP contribution in [0.1, 0.15) is 25.1 Å². The number of hydrogen-bond donors (Lipinski definition) is 1. The van der Waals surface area contributed by atoms with E-state index >= 15 is 0 Å². The van der Waals surface area contributed by atoms with Crippen LogP contribution in [-0.4, -0.2) is 28.3 Å². The lowest BCUT2D eigenvalue weighted by Gasteiger charge is -2.11. The summed E-state index contributed by atoms with van der Waals surface area (Å²) in [6, 6.07) is 9.71. The molecule has 136 valence electrons. The van der Waals surface area contributed by atoms with Gasteiger partial charge in [0, 0.05) is 10.9 Å². The number of thiazole rings is 1. The molecule has 3 rings (SSSR count). The molecule has 0 fully saturated rings. The molecule has 0 atom stereocenters. The zero-order valence-electron chi connectivity index (χ0n) is 15.2. The topological polar surface area (TPSA) is 64.5 Å². The highest BCUT2D eigenvalue weighted by molar-refractivity contribution is 7.13. The SMILES string of the molecule is CCOc1ccc(-c2nc(-c3cc(C)cc(CO)n3)cs2)cc1OCC. The molecule has 0 spiro atoms. The van der Waals surface area contributed by atoms with Crippen LogP contribution in [0.4, 0.5) is 0 Å². The Labute approximate surface area is 157 Å². The standard InChI is InChI=1S/C20H22N2O3S/c1-4-24-18-7-6-14(10-19(18)25-5-2)20-22-17(12-26-20)16-9-13(3)8-15(11-23)21-16/h6-10,12,23H,4-5,11H2,1-3H3. The Bertz CT molecular complexity index is 893. The maximum atomic E-state index is 9.36. The summed E-state index contributed by atoms with van der Waals surface area (Å²) in [6.45, 7) is 6.97. The van der Waals surface area contributed by atoms with Crippen LogP contribution in [0.2, 0.25) is 0 Å². The summed E-state index contributed by atoms with van der Waals surface area (Å²) < 4.78 is 11.3. The summed E-state index contributed by atoms with van der Waals surface area (Å²) in [5, 5.41) is 12.2. The van der Waals surface area contributed by atoms with Crippen molar-refractivity contribution in [2.45, 2.75) is 27.4 Å². The first-order chi connectivity index (χ1) is 12.6. The molecule has 1 N–H and O–H groups in total. The number of nitrogens with zero attached hydrogens (tertiary/aromatic N) is 2. The van der Waals surface area contributed by atoms with Crippen LogP contribution >= 0.6 is 11.3 Å². The monoisotopic (exact) mass is 370 g/mol. The lowest BCUT2D eigenvalue weighted by atomic mass is 10.2. The van der Waals surface area contributed by atoms with Crippen molar-refractivity contribution in [1.29, 1.82) is 0 Å². The number of aromatic nitrogens is 2. The third-order valence-electron chi connectivity index (χ3n) is 3.74. The van der Waals surface area contributed by atoms with E-state index in [9.17, 15) is 5.11 Å². The third kappa shape index (κ3) is 4.03. The van der Waals surface area contributed by atoms with Crippen LogP contribution in [0.15, 0.2) is 35.7 Å². The quantitative estimate of drug-likeness (QED) is 0.665. The highest BCUT2D eigenvalue weighted by Crippen LogP contribution is 2.35. The van der Waals surface area contributed by atoms with E-state index in [0.717, 1.165) is 39.0 Å². The molecule has 0 unspecified atom stereocenters. The fraction of sp³-hybridized carbons (Fsp3) is 0.300. The fourth-order valence-corrected chi connectivity index (χ4v) is 3.47. The van der Waals surface area contributed by atoms with Crippen molar-refractivity contribution in [1.82, 2.24) is 9.97 Å². The molecular weight excluding hydrogens is 348 g/mol. The third-order valence-corrected chi connectivity index (χ3v) is 4.63. The lowest BCUT2D eigenvalue weighted by molar-refractivity contribution is 0.277. The average Bonchev–Trinajstić information content (AvgIpc) is 3.13. The van der Waals surface area contributed by atoms with E-state index < -0.39 is 0 Å². The highest BCUT2D eigenvalue weighted by atomic mass is 32.1. The Morgan fingerprint density at radius 3 is 2.46 bits per heavy atom. The molecule has 6 heteroatoms. The summed E-state index contributed by atoms with van der Waals surface area (Å²) in [4.78, 5) is 9.19. The zero-order chi connectivity index (χ0) is 18.5. The van der Waals surface area contributed by atoms with Crippen LogP contribution in [0.25, 0.3) is 22.0 Å². The number of ether oxygens (including phenoxy) is 2. The van der Waals surface area contributed by atoms with E-state index in [1.165, 1.54) is 0 Å². The number of pyridine rings is 1. The summed E-state index contributed by atoms with van der Waals surface area (Å²) >= 11 is 1.55. The Morgan fingerprint density at radius 2 is 1.73 bits per heavy atom. The molecule has 0 saturated heterocycles. The van der Waals surface area contributed by atoms with Gasteiger partial charge in [-0.1, -0.05) is 0 Å². The second kappa shape index (κ2) is 8.29. The molecule has 3 aromatic rings. The molecule has 1 aromatic carbocycles. The van der Waals surface area contributed by atoms with E-state index in [4.69, 9.17) is 14.5 Å². The van der Waals surface area contributed by atoms with Gasteiger partial charge in [-0.15, -0.1) is 11.3 Å². The first-order valence-electron chi connectivity index (χ1n) is 8.59. The lowest BCUT2D eigenvalue weighted by Crippen LogP contribution is -1.98. The number of aliphatic hydroxyl groups is 1. The Hall–Kier alpha value is -2.44. The van der Waals surface area contributed by atoms with Crippen LogP contribution in [0.5, 0.6) is 11.5 Å². The molecule has 0 radical (unpaired) electrons. The number of aliphatic hydroxyl groups excluding tert-OH is 1. The van der Waals surface area contributed by atoms with Gasteiger partial charge >= 0.3 is 0 Å². The molecule has 0 saturated carbocycles. The largest absolute Gasteiger partial charge is 0.490 e. The highest BCUT2D eigenvalue weighted by Gasteiger charge is 2.12. The van der Waals surface area contributed by atoms with Gasteiger partial charge in [-0.3, -0.25) is 0 Å². The molecular formula is C20H22N2O3S. The maximum Gasteiger partial charge on any atom is 0.161 e. The van der Waals surface area contributed by atoms with E-state index in [1.807, 2.05) is 56.5 Å². The Kier molecular flexibility index (Phi) is 5.85. The summed E-state index contributed by atoms with van der Waals surface area (Å²) in [5.41, 5.74) is 4.24. The molecule has 0 aliphatic heterocycles. The molecule has 0 amide bonds. The molecule has 0 bridgehead atoms. The van der Waals surface area contributed by atoms with Crippen molar-refractivity contribution in [3.05, 3.63) is 47.0 Å². The first-order valence-corrected chi connectivity index (χ1v) is 9.46. The van der Waals surface area contributed by atoms with E-state index in [-0.39, 0.29) is 6.61 Å². The van der Waals surface area contributed by atoms with Gasteiger partial charge in [0.05, 0.1) is 31.2 Å². The predicted molar refractivity (Wildman–Crippen MR) is 104 cm³/mol. The molecule has 26 heavy (non-hydrogen) atoms. The summed E-state index contributed by atoms with van der Waals surface area (Å²) in [6.07, 6.45) is 0. The molecule has 0 aliphatic carbocycles. The van der Waals surface area contributed by atoms with Gasteiger partial charge in [0.1, 0.15) is 10.7 Å². The normalized spacial score (nSPS) is 10.8. The van der Waals surface area contributed by atoms with Crippen molar-refractivity contribution < 1.29 is 14.6 Å². The Balaban J connectivity index is 1.94. The minimum absolute atomic E-state index is 0.0811. The fourth-order valence-electron chi connectivity index (χ4n) is 2.66. The van der Waals surface area contributed by atoms with Crippen LogP contribution in [-0.2, 0) is 6.61 Å². The minimum Gasteiger partial charge on any atom is -0.490 e. The molecule has 0 aliphatic rings. The maximum absolute atomic E-state index is 9.36. The number of rotatable bonds is 7. The van der Waals surface area contributed by atoms with Crippen molar-refractivity contribution >= 4 is 11.3 Å². The minimum atomic E-state index is -0.0811. The number of aryl methyl sites for hydroxylation is 1. The molecule has 2 heterocycles.